The Morgan fingerprint density at radius 1 is 0.872 bits per heavy atom. The molecular weight excluding hydrogens is 521 g/mol. The highest BCUT2D eigenvalue weighted by molar-refractivity contribution is 6.99. The van der Waals surface area contributed by atoms with Gasteiger partial charge < -0.3 is 23.8 Å². The van der Waals surface area contributed by atoms with Crippen LogP contribution < -0.4 is 10.4 Å². The largest absolute Gasteiger partial charge is 0.414 e. The molecule has 0 spiro atoms. The fourth-order valence-electron chi connectivity index (χ4n) is 5.54. The van der Waals surface area contributed by atoms with Crippen LogP contribution in [-0.4, -0.2) is 64.0 Å². The molecular formula is C32H52O5Si2. The zero-order valence-electron chi connectivity index (χ0n) is 25.7. The van der Waals surface area contributed by atoms with Gasteiger partial charge in [-0.1, -0.05) is 102 Å². The third-order valence-electron chi connectivity index (χ3n) is 8.79. The average Bonchev–Trinajstić information content (AvgIpc) is 3.52. The van der Waals surface area contributed by atoms with E-state index in [-0.39, 0.29) is 28.9 Å². The van der Waals surface area contributed by atoms with E-state index in [1.54, 1.807) is 0 Å². The Labute approximate surface area is 239 Å². The van der Waals surface area contributed by atoms with Crippen LogP contribution in [0.2, 0.25) is 23.2 Å². The molecule has 1 aliphatic heterocycles. The van der Waals surface area contributed by atoms with Crippen LogP contribution in [0.5, 0.6) is 0 Å². The van der Waals surface area contributed by atoms with Gasteiger partial charge in [0.1, 0.15) is 6.10 Å². The van der Waals surface area contributed by atoms with Crippen LogP contribution in [0.15, 0.2) is 60.7 Å². The van der Waals surface area contributed by atoms with Gasteiger partial charge in [-0.05, 0) is 53.3 Å². The highest BCUT2D eigenvalue weighted by atomic mass is 28.4. The van der Waals surface area contributed by atoms with Crippen LogP contribution in [0.4, 0.5) is 0 Å². The van der Waals surface area contributed by atoms with E-state index in [1.165, 1.54) is 10.4 Å². The minimum Gasteiger partial charge on any atom is -0.414 e. The molecule has 0 bridgehead atoms. The Balaban J connectivity index is 1.89. The van der Waals surface area contributed by atoms with Crippen molar-refractivity contribution in [2.24, 2.45) is 0 Å². The predicted molar refractivity (Wildman–Crippen MR) is 166 cm³/mol. The summed E-state index contributed by atoms with van der Waals surface area (Å²) in [7, 11) is -4.71. The third-order valence-corrected chi connectivity index (χ3v) is 18.4. The summed E-state index contributed by atoms with van der Waals surface area (Å²) in [6, 6.07) is 21.5. The number of hydrogen-bond donors (Lipinski definition) is 2. The molecule has 3 rings (SSSR count). The number of epoxide rings is 1. The first-order valence-electron chi connectivity index (χ1n) is 14.5. The molecule has 4 atom stereocenters. The third kappa shape index (κ3) is 7.31. The van der Waals surface area contributed by atoms with E-state index in [4.69, 9.17) is 13.6 Å². The maximum absolute atomic E-state index is 10.5. The Morgan fingerprint density at radius 3 is 1.82 bits per heavy atom. The number of ether oxygens (including phenoxy) is 1. The molecule has 1 fully saturated rings. The van der Waals surface area contributed by atoms with Gasteiger partial charge in [0.2, 0.25) is 0 Å². The summed E-state index contributed by atoms with van der Waals surface area (Å²) in [5.74, 6) is 0. The van der Waals surface area contributed by atoms with Gasteiger partial charge >= 0.3 is 0 Å². The normalized spacial score (nSPS) is 22.0. The highest BCUT2D eigenvalue weighted by Gasteiger charge is 2.57. The standard InChI is InChI=1S/C32H52O5Si2/c1-30(2,3)38(8,9)37-25(24-32(7)29(36-32)28(34)20-22-33)21-23-35-39(31(4,5)6,26-16-12-10-13-17-26)27-18-14-11-15-19-27/h10-19,25,28-29,33-34H,20-24H2,1-9H3/t25-,28-,29+,32+/m1/s1. The molecule has 39 heavy (non-hydrogen) atoms. The van der Waals surface area contributed by atoms with Crippen molar-refractivity contribution in [3.05, 3.63) is 60.7 Å². The molecule has 0 unspecified atom stereocenters. The summed E-state index contributed by atoms with van der Waals surface area (Å²) in [6.45, 7) is 20.9. The average molecular weight is 573 g/mol. The van der Waals surface area contributed by atoms with Crippen LogP contribution in [0.1, 0.15) is 67.7 Å². The molecule has 2 N–H and O–H groups in total. The van der Waals surface area contributed by atoms with Crippen molar-refractivity contribution in [3.8, 4) is 0 Å². The highest BCUT2D eigenvalue weighted by Crippen LogP contribution is 2.46. The topological polar surface area (TPSA) is 71.5 Å². The van der Waals surface area contributed by atoms with Gasteiger partial charge in [-0.25, -0.2) is 0 Å². The van der Waals surface area contributed by atoms with Crippen molar-refractivity contribution >= 4 is 27.0 Å². The van der Waals surface area contributed by atoms with Gasteiger partial charge in [0.25, 0.3) is 8.32 Å². The zero-order valence-corrected chi connectivity index (χ0v) is 27.7. The van der Waals surface area contributed by atoms with Crippen molar-refractivity contribution < 1.29 is 23.8 Å². The summed E-state index contributed by atoms with van der Waals surface area (Å²) in [5, 5.41) is 22.3. The predicted octanol–water partition coefficient (Wildman–Crippen LogP) is 5.63. The molecule has 5 nitrogen and oxygen atoms in total. The molecule has 1 heterocycles. The Bertz CT molecular complexity index is 993. The Morgan fingerprint density at radius 2 is 1.38 bits per heavy atom. The fraction of sp³-hybridized carbons (Fsp3) is 0.625. The zero-order chi connectivity index (χ0) is 29.1. The number of aliphatic hydroxyl groups is 2. The van der Waals surface area contributed by atoms with Gasteiger partial charge in [0.15, 0.2) is 8.32 Å². The summed E-state index contributed by atoms with van der Waals surface area (Å²) in [5.41, 5.74) is -0.459. The lowest BCUT2D eigenvalue weighted by Gasteiger charge is -2.44. The van der Waals surface area contributed by atoms with E-state index in [2.05, 4.69) is 122 Å². The van der Waals surface area contributed by atoms with E-state index in [0.29, 0.717) is 19.4 Å². The molecule has 7 heteroatoms. The smallest absolute Gasteiger partial charge is 0.261 e. The summed E-state index contributed by atoms with van der Waals surface area (Å²) in [4.78, 5) is 0. The lowest BCUT2D eigenvalue weighted by atomic mass is 9.94. The van der Waals surface area contributed by atoms with Crippen molar-refractivity contribution in [2.45, 2.75) is 115 Å². The van der Waals surface area contributed by atoms with Gasteiger partial charge in [-0.2, -0.15) is 0 Å². The maximum Gasteiger partial charge on any atom is 0.261 e. The van der Waals surface area contributed by atoms with E-state index in [1.807, 2.05) is 0 Å². The summed E-state index contributed by atoms with van der Waals surface area (Å²) in [6.07, 6.45) is 0.774. The van der Waals surface area contributed by atoms with Crippen LogP contribution in [0.25, 0.3) is 0 Å². The van der Waals surface area contributed by atoms with Gasteiger partial charge in [-0.15, -0.1) is 0 Å². The van der Waals surface area contributed by atoms with Crippen LogP contribution in [-0.2, 0) is 13.6 Å². The van der Waals surface area contributed by atoms with Crippen LogP contribution in [0.3, 0.4) is 0 Å². The van der Waals surface area contributed by atoms with E-state index < -0.39 is 28.3 Å². The van der Waals surface area contributed by atoms with Gasteiger partial charge in [0.05, 0.1) is 17.8 Å². The SMILES string of the molecule is CC(C)(C)[Si](C)(C)O[C@H](CCO[Si](c1ccccc1)(c1ccccc1)C(C)(C)C)C[C@]1(C)O[C@H]1[C@H](O)CCO. The fourth-order valence-corrected chi connectivity index (χ4v) is 11.5. The molecule has 218 valence electrons. The molecule has 1 aliphatic rings. The monoisotopic (exact) mass is 572 g/mol. The lowest BCUT2D eigenvalue weighted by molar-refractivity contribution is 0.103. The molecule has 0 amide bonds. The van der Waals surface area contributed by atoms with Crippen LogP contribution >= 0.6 is 0 Å². The summed E-state index contributed by atoms with van der Waals surface area (Å²) < 4.78 is 20.2. The summed E-state index contributed by atoms with van der Waals surface area (Å²) >= 11 is 0. The molecule has 0 aromatic heterocycles. The van der Waals surface area contributed by atoms with Gasteiger partial charge in [0, 0.05) is 19.6 Å². The van der Waals surface area contributed by atoms with Crippen molar-refractivity contribution in [2.75, 3.05) is 13.2 Å². The minimum atomic E-state index is -2.64. The number of hydrogen-bond acceptors (Lipinski definition) is 5. The molecule has 2 aromatic rings. The Kier molecular flexibility index (Phi) is 10.1. The molecule has 0 saturated carbocycles. The van der Waals surface area contributed by atoms with E-state index >= 15 is 0 Å². The number of rotatable bonds is 13. The van der Waals surface area contributed by atoms with Crippen molar-refractivity contribution in [1.82, 2.24) is 0 Å². The minimum absolute atomic E-state index is 0.0483. The van der Waals surface area contributed by atoms with E-state index in [0.717, 1.165) is 6.42 Å². The first-order valence-corrected chi connectivity index (χ1v) is 19.3. The molecule has 0 aliphatic carbocycles. The van der Waals surface area contributed by atoms with E-state index in [9.17, 15) is 10.2 Å². The Hall–Kier alpha value is -1.33. The molecule has 2 aromatic carbocycles. The second kappa shape index (κ2) is 12.3. The van der Waals surface area contributed by atoms with Crippen molar-refractivity contribution in [3.63, 3.8) is 0 Å². The maximum atomic E-state index is 10.5. The first kappa shape index (κ1) is 32.2. The quantitative estimate of drug-likeness (QED) is 0.240. The number of benzene rings is 2. The molecule has 0 radical (unpaired) electrons. The second-order valence-corrected chi connectivity index (χ2v) is 23.0. The van der Waals surface area contributed by atoms with Crippen LogP contribution in [0, 0.1) is 0 Å². The van der Waals surface area contributed by atoms with Crippen molar-refractivity contribution in [1.29, 1.82) is 0 Å². The lowest BCUT2D eigenvalue weighted by Crippen LogP contribution is -2.66. The molecule has 1 saturated heterocycles. The van der Waals surface area contributed by atoms with Gasteiger partial charge in [-0.3, -0.25) is 0 Å². The number of aliphatic hydroxyl groups excluding tert-OH is 2. The second-order valence-electron chi connectivity index (χ2n) is 13.9. The first-order chi connectivity index (χ1) is 18.1.